The van der Waals surface area contributed by atoms with Crippen molar-refractivity contribution in [3.8, 4) is 0 Å². The summed E-state index contributed by atoms with van der Waals surface area (Å²) in [6.45, 7) is 3.65. The molecule has 2 aromatic rings. The lowest BCUT2D eigenvalue weighted by Crippen LogP contribution is -2.37. The van der Waals surface area contributed by atoms with Gasteiger partial charge in [-0.25, -0.2) is 0 Å². The molecule has 3 rings (SSSR count). The Bertz CT molecular complexity index is 689. The van der Waals surface area contributed by atoms with E-state index >= 15 is 0 Å². The Morgan fingerprint density at radius 2 is 2.00 bits per heavy atom. The van der Waals surface area contributed by atoms with Crippen molar-refractivity contribution in [2.45, 2.75) is 19.3 Å². The minimum atomic E-state index is -0.534. The van der Waals surface area contributed by atoms with Crippen molar-refractivity contribution in [2.75, 3.05) is 33.3 Å². The summed E-state index contributed by atoms with van der Waals surface area (Å²) in [5.41, 5.74) is 1.22. The zero-order valence-corrected chi connectivity index (χ0v) is 15.2. The average molecular weight is 360 g/mol. The largest absolute Gasteiger partial charge is 0.390 e. The molecule has 1 N–H and O–H groups in total. The van der Waals surface area contributed by atoms with E-state index in [1.165, 1.54) is 16.9 Å². The number of carbonyl (C=O) groups excluding carboxylic acids is 1. The second-order valence-corrected chi connectivity index (χ2v) is 7.49. The Hall–Kier alpha value is -1.73. The van der Waals surface area contributed by atoms with Gasteiger partial charge in [0, 0.05) is 44.7 Å². The van der Waals surface area contributed by atoms with Gasteiger partial charge in [-0.1, -0.05) is 30.3 Å². The Morgan fingerprint density at radius 3 is 2.76 bits per heavy atom. The third-order valence-corrected chi connectivity index (χ3v) is 5.33. The number of hydrogen-bond donors (Lipinski definition) is 1. The van der Waals surface area contributed by atoms with Crippen LogP contribution in [0, 0.1) is 0 Å². The fraction of sp³-hybridized carbons (Fsp3) is 0.421. The van der Waals surface area contributed by atoms with Crippen LogP contribution in [0.5, 0.6) is 0 Å². The molecule has 134 valence electrons. The molecule has 0 radical (unpaired) electrons. The first-order chi connectivity index (χ1) is 12.2. The number of aliphatic hydroxyl groups is 1. The predicted octanol–water partition coefficient (Wildman–Crippen LogP) is 2.21. The summed E-state index contributed by atoms with van der Waals surface area (Å²) < 4.78 is 5.11. The van der Waals surface area contributed by atoms with Crippen LogP contribution in [0.15, 0.2) is 42.5 Å². The summed E-state index contributed by atoms with van der Waals surface area (Å²) in [5, 5.41) is 10.3. The van der Waals surface area contributed by atoms with Gasteiger partial charge in [0.1, 0.15) is 0 Å². The van der Waals surface area contributed by atoms with Crippen LogP contribution < -0.4 is 0 Å². The van der Waals surface area contributed by atoms with E-state index < -0.39 is 6.10 Å². The standard InChI is InChI=1S/C19H24N2O3S/c1-24-14-17-7-8-18(25-17)19(23)21-10-9-20(12-16(22)13-21)11-15-5-3-2-4-6-15/h2-8,16,22H,9-14H2,1H3. The smallest absolute Gasteiger partial charge is 0.264 e. The highest BCUT2D eigenvalue weighted by Gasteiger charge is 2.26. The number of thiophene rings is 1. The molecule has 1 saturated heterocycles. The number of ether oxygens (including phenoxy) is 1. The fourth-order valence-electron chi connectivity index (χ4n) is 3.09. The number of aliphatic hydroxyl groups excluding tert-OH is 1. The molecule has 2 heterocycles. The maximum Gasteiger partial charge on any atom is 0.264 e. The highest BCUT2D eigenvalue weighted by atomic mass is 32.1. The Labute approximate surface area is 152 Å². The van der Waals surface area contributed by atoms with Crippen molar-refractivity contribution >= 4 is 17.2 Å². The highest BCUT2D eigenvalue weighted by molar-refractivity contribution is 7.14. The van der Waals surface area contributed by atoms with Gasteiger partial charge in [-0.3, -0.25) is 9.69 Å². The number of β-amino-alcohol motifs (C(OH)–C–C–N with tert-alkyl or cyclic N) is 1. The molecular formula is C19H24N2O3S. The minimum absolute atomic E-state index is 0.00651. The summed E-state index contributed by atoms with van der Waals surface area (Å²) >= 11 is 1.46. The van der Waals surface area contributed by atoms with Crippen LogP contribution >= 0.6 is 11.3 Å². The van der Waals surface area contributed by atoms with Crippen molar-refractivity contribution in [3.05, 3.63) is 57.8 Å². The van der Waals surface area contributed by atoms with Crippen molar-refractivity contribution < 1.29 is 14.6 Å². The summed E-state index contributed by atoms with van der Waals surface area (Å²) in [5.74, 6) is -0.00651. The zero-order valence-electron chi connectivity index (χ0n) is 14.4. The van der Waals surface area contributed by atoms with Gasteiger partial charge < -0.3 is 14.7 Å². The van der Waals surface area contributed by atoms with E-state index in [0.717, 1.165) is 18.0 Å². The molecule has 5 nitrogen and oxygen atoms in total. The number of carbonyl (C=O) groups is 1. The molecule has 1 aliphatic heterocycles. The zero-order chi connectivity index (χ0) is 17.6. The Morgan fingerprint density at radius 1 is 1.20 bits per heavy atom. The number of nitrogens with zero attached hydrogens (tertiary/aromatic N) is 2. The lowest BCUT2D eigenvalue weighted by Gasteiger charge is -2.21. The highest BCUT2D eigenvalue weighted by Crippen LogP contribution is 2.20. The number of benzene rings is 1. The molecule has 1 fully saturated rings. The SMILES string of the molecule is COCc1ccc(C(=O)N2CCN(Cc3ccccc3)CC(O)C2)s1. The first-order valence-electron chi connectivity index (χ1n) is 8.47. The molecule has 1 aliphatic rings. The van der Waals surface area contributed by atoms with Crippen LogP contribution in [0.25, 0.3) is 0 Å². The molecule has 1 aromatic heterocycles. The van der Waals surface area contributed by atoms with Gasteiger partial charge in [-0.15, -0.1) is 11.3 Å². The molecule has 1 amide bonds. The average Bonchev–Trinajstić information content (AvgIpc) is 2.99. The van der Waals surface area contributed by atoms with E-state index in [0.29, 0.717) is 31.1 Å². The minimum Gasteiger partial charge on any atom is -0.390 e. The van der Waals surface area contributed by atoms with Crippen LogP contribution in [0.3, 0.4) is 0 Å². The van der Waals surface area contributed by atoms with Gasteiger partial charge >= 0.3 is 0 Å². The summed E-state index contributed by atoms with van der Waals surface area (Å²) in [6.07, 6.45) is -0.534. The number of hydrogen-bond acceptors (Lipinski definition) is 5. The van der Waals surface area contributed by atoms with Crippen molar-refractivity contribution in [1.82, 2.24) is 9.80 Å². The molecule has 0 bridgehead atoms. The van der Waals surface area contributed by atoms with Gasteiger partial charge in [0.25, 0.3) is 5.91 Å². The molecular weight excluding hydrogens is 336 g/mol. The van der Waals surface area contributed by atoms with Crippen LogP contribution in [-0.2, 0) is 17.9 Å². The lowest BCUT2D eigenvalue weighted by atomic mass is 10.2. The third kappa shape index (κ3) is 4.89. The number of amides is 1. The van der Waals surface area contributed by atoms with Gasteiger partial charge in [-0.2, -0.15) is 0 Å². The summed E-state index contributed by atoms with van der Waals surface area (Å²) in [6, 6.07) is 14.0. The van der Waals surface area contributed by atoms with Crippen molar-refractivity contribution in [1.29, 1.82) is 0 Å². The molecule has 1 unspecified atom stereocenters. The topological polar surface area (TPSA) is 53.0 Å². The van der Waals surface area contributed by atoms with Crippen LogP contribution in [0.4, 0.5) is 0 Å². The van der Waals surface area contributed by atoms with Crippen LogP contribution in [0.2, 0.25) is 0 Å². The fourth-order valence-corrected chi connectivity index (χ4v) is 4.04. The van der Waals surface area contributed by atoms with Gasteiger partial charge in [0.05, 0.1) is 17.6 Å². The van der Waals surface area contributed by atoms with Crippen molar-refractivity contribution in [2.24, 2.45) is 0 Å². The first kappa shape index (κ1) is 18.1. The predicted molar refractivity (Wildman–Crippen MR) is 98.7 cm³/mol. The molecule has 1 atom stereocenters. The summed E-state index contributed by atoms with van der Waals surface area (Å²) in [7, 11) is 1.65. The molecule has 1 aromatic carbocycles. The van der Waals surface area contributed by atoms with E-state index in [-0.39, 0.29) is 5.91 Å². The second kappa shape index (κ2) is 8.58. The quantitative estimate of drug-likeness (QED) is 0.888. The van der Waals surface area contributed by atoms with E-state index in [2.05, 4.69) is 17.0 Å². The molecule has 0 spiro atoms. The maximum atomic E-state index is 12.7. The Balaban J connectivity index is 1.62. The van der Waals surface area contributed by atoms with E-state index in [1.807, 2.05) is 30.3 Å². The monoisotopic (exact) mass is 360 g/mol. The summed E-state index contributed by atoms with van der Waals surface area (Å²) in [4.78, 5) is 18.5. The Kier molecular flexibility index (Phi) is 6.20. The molecule has 0 aliphatic carbocycles. The van der Waals surface area contributed by atoms with Gasteiger partial charge in [-0.05, 0) is 17.7 Å². The first-order valence-corrected chi connectivity index (χ1v) is 9.28. The third-order valence-electron chi connectivity index (χ3n) is 4.28. The normalized spacial score (nSPS) is 19.0. The van der Waals surface area contributed by atoms with Crippen LogP contribution in [-0.4, -0.2) is 60.2 Å². The number of rotatable bonds is 5. The maximum absolute atomic E-state index is 12.7. The lowest BCUT2D eigenvalue weighted by molar-refractivity contribution is 0.0667. The van der Waals surface area contributed by atoms with Gasteiger partial charge in [0.2, 0.25) is 0 Å². The van der Waals surface area contributed by atoms with E-state index in [4.69, 9.17) is 4.74 Å². The van der Waals surface area contributed by atoms with E-state index in [9.17, 15) is 9.90 Å². The number of methoxy groups -OCH3 is 1. The van der Waals surface area contributed by atoms with Crippen molar-refractivity contribution in [3.63, 3.8) is 0 Å². The van der Waals surface area contributed by atoms with Crippen LogP contribution in [0.1, 0.15) is 20.1 Å². The van der Waals surface area contributed by atoms with Gasteiger partial charge in [0.15, 0.2) is 0 Å². The molecule has 0 saturated carbocycles. The molecule has 6 heteroatoms. The second-order valence-electron chi connectivity index (χ2n) is 6.32. The molecule has 25 heavy (non-hydrogen) atoms. The van der Waals surface area contributed by atoms with E-state index in [1.54, 1.807) is 12.0 Å².